The minimum Gasteiger partial charge on any atom is -0.309 e. The fourth-order valence-corrected chi connectivity index (χ4v) is 12.6. The smallest absolute Gasteiger partial charge is 0.138 e. The van der Waals surface area contributed by atoms with Gasteiger partial charge < -0.3 is 4.57 Å². The molecule has 4 heteroatoms. The van der Waals surface area contributed by atoms with E-state index in [2.05, 4.69) is 236 Å². The predicted molar refractivity (Wildman–Crippen MR) is 281 cm³/mol. The minimum atomic E-state index is -0.147. The SMILES string of the molecule is CC1(C)c2ccccc2-c2ccc(N(c3ccc(-c4ccc5c(c4)c4ccccc4n5-c4ccccc4)cc3)c3cccc(-c4ccc5c6ccccc6c6cccc7sc4c5c76)n3)cc21. The Morgan fingerprint density at radius 3 is 1.94 bits per heavy atom. The lowest BCUT2D eigenvalue weighted by Gasteiger charge is -2.28. The zero-order valence-corrected chi connectivity index (χ0v) is 37.3. The first-order valence-corrected chi connectivity index (χ1v) is 23.6. The van der Waals surface area contributed by atoms with Crippen molar-refractivity contribution in [3.63, 3.8) is 0 Å². The van der Waals surface area contributed by atoms with Crippen LogP contribution in [-0.4, -0.2) is 9.55 Å². The quantitative estimate of drug-likeness (QED) is 0.155. The van der Waals surface area contributed by atoms with Crippen LogP contribution in [0, 0.1) is 0 Å². The second-order valence-corrected chi connectivity index (χ2v) is 19.3. The van der Waals surface area contributed by atoms with Crippen molar-refractivity contribution in [3.05, 3.63) is 223 Å². The molecule has 0 spiro atoms. The van der Waals surface area contributed by atoms with E-state index >= 15 is 0 Å². The van der Waals surface area contributed by atoms with Crippen molar-refractivity contribution < 1.29 is 0 Å². The van der Waals surface area contributed by atoms with Crippen molar-refractivity contribution in [1.82, 2.24) is 9.55 Å². The number of para-hydroxylation sites is 2. The second-order valence-electron chi connectivity index (χ2n) is 18.3. The highest BCUT2D eigenvalue weighted by molar-refractivity contribution is 7.26. The monoisotopic (exact) mass is 859 g/mol. The molecule has 0 radical (unpaired) electrons. The van der Waals surface area contributed by atoms with Crippen molar-refractivity contribution in [2.45, 2.75) is 19.3 Å². The molecule has 0 saturated carbocycles. The number of thiophene rings is 1. The van der Waals surface area contributed by atoms with Crippen LogP contribution in [0.25, 0.3) is 103 Å². The summed E-state index contributed by atoms with van der Waals surface area (Å²) in [5, 5.41) is 10.4. The third-order valence-corrected chi connectivity index (χ3v) is 15.6. The van der Waals surface area contributed by atoms with Gasteiger partial charge in [-0.3, -0.25) is 4.90 Å². The summed E-state index contributed by atoms with van der Waals surface area (Å²) in [6.07, 6.45) is 0. The lowest BCUT2D eigenvalue weighted by Crippen LogP contribution is -2.17. The van der Waals surface area contributed by atoms with E-state index < -0.39 is 0 Å². The zero-order chi connectivity index (χ0) is 43.7. The topological polar surface area (TPSA) is 21.1 Å². The average molecular weight is 860 g/mol. The summed E-state index contributed by atoms with van der Waals surface area (Å²) in [6.45, 7) is 4.71. The standard InChI is InChI=1S/C62H41N3S/c1-62(2)52-21-10-8-18-45(52)46-32-31-42(37-53(46)62)64(41-29-26-38(27-30-41)39-28-35-56-51(36-39)47-19-9-11-23-55(47)65(56)40-14-4-3-5-15-40)58-25-13-22-54(63-58)50-34-33-49-44-17-7-6-16-43(44)48-20-12-24-57-59(48)60(49)61(50)66-57/h3-37H,1-2H3. The molecule has 0 bridgehead atoms. The lowest BCUT2D eigenvalue weighted by atomic mass is 9.82. The van der Waals surface area contributed by atoms with Crippen molar-refractivity contribution in [2.24, 2.45) is 0 Å². The van der Waals surface area contributed by atoms with Gasteiger partial charge in [-0.15, -0.1) is 11.3 Å². The summed E-state index contributed by atoms with van der Waals surface area (Å²) >= 11 is 1.88. The van der Waals surface area contributed by atoms with Gasteiger partial charge in [0, 0.05) is 59.0 Å². The molecule has 0 aliphatic heterocycles. The molecular formula is C62H41N3S. The summed E-state index contributed by atoms with van der Waals surface area (Å²) in [7, 11) is 0. The summed E-state index contributed by atoms with van der Waals surface area (Å²) in [4.78, 5) is 7.95. The maximum absolute atomic E-state index is 5.60. The van der Waals surface area contributed by atoms with Crippen LogP contribution in [0.15, 0.2) is 212 Å². The van der Waals surface area contributed by atoms with Crippen LogP contribution in [0.4, 0.5) is 17.2 Å². The van der Waals surface area contributed by atoms with E-state index in [1.165, 1.54) is 96.9 Å². The number of hydrogen-bond acceptors (Lipinski definition) is 3. The van der Waals surface area contributed by atoms with Gasteiger partial charge in [0.25, 0.3) is 0 Å². The van der Waals surface area contributed by atoms with Gasteiger partial charge in [0.2, 0.25) is 0 Å². The van der Waals surface area contributed by atoms with Gasteiger partial charge in [-0.2, -0.15) is 0 Å². The molecule has 0 saturated heterocycles. The normalized spacial score (nSPS) is 13.1. The van der Waals surface area contributed by atoms with Crippen LogP contribution in [0.5, 0.6) is 0 Å². The number of aromatic nitrogens is 2. The molecule has 1 aliphatic carbocycles. The number of anilines is 3. The van der Waals surface area contributed by atoms with Gasteiger partial charge >= 0.3 is 0 Å². The summed E-state index contributed by atoms with van der Waals surface area (Å²) in [5.41, 5.74) is 15.3. The van der Waals surface area contributed by atoms with Gasteiger partial charge in [0.05, 0.1) is 16.7 Å². The Balaban J connectivity index is 0.919. The van der Waals surface area contributed by atoms with Crippen LogP contribution in [0.1, 0.15) is 25.0 Å². The molecule has 13 aromatic rings. The Bertz CT molecular complexity index is 4080. The molecule has 3 nitrogen and oxygen atoms in total. The number of hydrogen-bond donors (Lipinski definition) is 0. The highest BCUT2D eigenvalue weighted by Crippen LogP contribution is 2.52. The van der Waals surface area contributed by atoms with Gasteiger partial charge in [-0.25, -0.2) is 4.98 Å². The second kappa shape index (κ2) is 14.0. The van der Waals surface area contributed by atoms with E-state index in [9.17, 15) is 0 Å². The van der Waals surface area contributed by atoms with Gasteiger partial charge in [-0.1, -0.05) is 153 Å². The van der Waals surface area contributed by atoms with E-state index in [4.69, 9.17) is 4.98 Å². The molecule has 0 fully saturated rings. The maximum Gasteiger partial charge on any atom is 0.138 e. The Morgan fingerprint density at radius 1 is 0.439 bits per heavy atom. The van der Waals surface area contributed by atoms with Crippen LogP contribution in [-0.2, 0) is 5.41 Å². The molecule has 3 aromatic heterocycles. The van der Waals surface area contributed by atoms with Crippen molar-refractivity contribution in [3.8, 4) is 39.2 Å². The molecule has 0 N–H and O–H groups in total. The van der Waals surface area contributed by atoms with Crippen LogP contribution in [0.3, 0.4) is 0 Å². The average Bonchev–Trinajstić information content (AvgIpc) is 4.00. The van der Waals surface area contributed by atoms with E-state index in [1.807, 2.05) is 11.3 Å². The molecule has 0 unspecified atom stereocenters. The number of fused-ring (bicyclic) bond motifs is 9. The van der Waals surface area contributed by atoms with Crippen LogP contribution in [0.2, 0.25) is 0 Å². The third-order valence-electron chi connectivity index (χ3n) is 14.4. The molecule has 1 aliphatic rings. The first-order valence-electron chi connectivity index (χ1n) is 22.8. The fourth-order valence-electron chi connectivity index (χ4n) is 11.3. The lowest BCUT2D eigenvalue weighted by molar-refractivity contribution is 0.660. The van der Waals surface area contributed by atoms with Crippen LogP contribution < -0.4 is 4.90 Å². The van der Waals surface area contributed by atoms with Crippen molar-refractivity contribution in [2.75, 3.05) is 4.90 Å². The Kier molecular flexibility index (Phi) is 7.91. The predicted octanol–water partition coefficient (Wildman–Crippen LogP) is 17.4. The first kappa shape index (κ1) is 37.3. The Hall–Kier alpha value is -8.05. The summed E-state index contributed by atoms with van der Waals surface area (Å²) in [5.74, 6) is 0.875. The number of pyridine rings is 1. The van der Waals surface area contributed by atoms with Gasteiger partial charge in [0.15, 0.2) is 0 Å². The van der Waals surface area contributed by atoms with Crippen molar-refractivity contribution in [1.29, 1.82) is 0 Å². The van der Waals surface area contributed by atoms with E-state index in [0.717, 1.165) is 34.1 Å². The first-order chi connectivity index (χ1) is 32.5. The highest BCUT2D eigenvalue weighted by atomic mass is 32.1. The number of benzene rings is 10. The summed E-state index contributed by atoms with van der Waals surface area (Å²) < 4.78 is 4.97. The maximum atomic E-state index is 5.60. The highest BCUT2D eigenvalue weighted by Gasteiger charge is 2.36. The molecule has 66 heavy (non-hydrogen) atoms. The molecule has 3 heterocycles. The van der Waals surface area contributed by atoms with Gasteiger partial charge in [-0.05, 0) is 128 Å². The van der Waals surface area contributed by atoms with E-state index in [-0.39, 0.29) is 5.41 Å². The molecule has 14 rings (SSSR count). The third kappa shape index (κ3) is 5.34. The van der Waals surface area contributed by atoms with E-state index in [1.54, 1.807) is 0 Å². The molecule has 10 aromatic carbocycles. The Morgan fingerprint density at radius 2 is 1.09 bits per heavy atom. The largest absolute Gasteiger partial charge is 0.309 e. The number of rotatable bonds is 6. The Labute approximate surface area is 386 Å². The number of nitrogens with zero attached hydrogens (tertiary/aromatic N) is 3. The minimum absolute atomic E-state index is 0.147. The summed E-state index contributed by atoms with van der Waals surface area (Å²) in [6, 6.07) is 78.0. The van der Waals surface area contributed by atoms with E-state index in [0.29, 0.717) is 0 Å². The van der Waals surface area contributed by atoms with Gasteiger partial charge in [0.1, 0.15) is 5.82 Å². The molecule has 310 valence electrons. The molecule has 0 atom stereocenters. The van der Waals surface area contributed by atoms with Crippen LogP contribution >= 0.6 is 11.3 Å². The zero-order valence-electron chi connectivity index (χ0n) is 36.5. The van der Waals surface area contributed by atoms with Crippen molar-refractivity contribution >= 4 is 92.1 Å². The fraction of sp³-hybridized carbons (Fsp3) is 0.0484. The molecular weight excluding hydrogens is 819 g/mol. The molecule has 0 amide bonds.